The van der Waals surface area contributed by atoms with Gasteiger partial charge < -0.3 is 4.90 Å². The van der Waals surface area contributed by atoms with E-state index in [4.69, 9.17) is 0 Å². The Labute approximate surface area is 124 Å². The first kappa shape index (κ1) is 13.4. The number of hydrogen-bond acceptors (Lipinski definition) is 2. The fourth-order valence-electron chi connectivity index (χ4n) is 3.18. The van der Waals surface area contributed by atoms with Gasteiger partial charge in [-0.15, -0.1) is 11.3 Å². The van der Waals surface area contributed by atoms with E-state index < -0.39 is 0 Å². The van der Waals surface area contributed by atoms with Gasteiger partial charge in [-0.1, -0.05) is 37.1 Å². The maximum atomic E-state index is 13.1. The first-order chi connectivity index (χ1) is 9.74. The first-order valence-electron chi connectivity index (χ1n) is 7.11. The highest BCUT2D eigenvalue weighted by molar-refractivity contribution is 7.10. The predicted molar refractivity (Wildman–Crippen MR) is 84.3 cm³/mol. The molecule has 1 aromatic carbocycles. The number of anilines is 1. The number of amides is 1. The average Bonchev–Trinajstić information content (AvgIpc) is 3.18. The second-order valence-corrected chi connectivity index (χ2v) is 6.41. The van der Waals surface area contributed by atoms with Crippen molar-refractivity contribution in [2.24, 2.45) is 0 Å². The third-order valence-corrected chi connectivity index (χ3v) is 5.38. The molecule has 20 heavy (non-hydrogen) atoms. The molecule has 1 saturated carbocycles. The van der Waals surface area contributed by atoms with Gasteiger partial charge in [0.25, 0.3) is 0 Å². The SMILES string of the molecule is CN(C(=O)C1(c2cccs2)CCCC1)c1ccccc1. The van der Waals surface area contributed by atoms with Crippen molar-refractivity contribution >= 4 is 22.9 Å². The molecule has 1 fully saturated rings. The van der Waals surface area contributed by atoms with Gasteiger partial charge in [0.1, 0.15) is 0 Å². The summed E-state index contributed by atoms with van der Waals surface area (Å²) in [5.41, 5.74) is 0.680. The molecule has 2 nitrogen and oxygen atoms in total. The second-order valence-electron chi connectivity index (χ2n) is 5.47. The summed E-state index contributed by atoms with van der Waals surface area (Å²) in [7, 11) is 1.89. The largest absolute Gasteiger partial charge is 0.315 e. The van der Waals surface area contributed by atoms with E-state index in [1.165, 1.54) is 4.88 Å². The smallest absolute Gasteiger partial charge is 0.238 e. The summed E-state index contributed by atoms with van der Waals surface area (Å²) in [5, 5.41) is 2.07. The van der Waals surface area contributed by atoms with Crippen molar-refractivity contribution in [3.05, 3.63) is 52.7 Å². The Bertz CT molecular complexity index is 570. The molecule has 0 saturated heterocycles. The summed E-state index contributed by atoms with van der Waals surface area (Å²) >= 11 is 1.71. The van der Waals surface area contributed by atoms with Gasteiger partial charge >= 0.3 is 0 Å². The third-order valence-electron chi connectivity index (χ3n) is 4.31. The number of hydrogen-bond donors (Lipinski definition) is 0. The Hall–Kier alpha value is -1.61. The molecule has 2 aromatic rings. The van der Waals surface area contributed by atoms with Crippen molar-refractivity contribution < 1.29 is 4.79 Å². The van der Waals surface area contributed by atoms with Crippen LogP contribution >= 0.6 is 11.3 Å². The fraction of sp³-hybridized carbons (Fsp3) is 0.353. The maximum absolute atomic E-state index is 13.1. The van der Waals surface area contributed by atoms with Crippen LogP contribution in [-0.2, 0) is 10.2 Å². The molecule has 0 N–H and O–H groups in total. The van der Waals surface area contributed by atoms with E-state index in [9.17, 15) is 4.79 Å². The lowest BCUT2D eigenvalue weighted by atomic mass is 9.83. The van der Waals surface area contributed by atoms with E-state index in [0.29, 0.717) is 0 Å². The van der Waals surface area contributed by atoms with Crippen LogP contribution < -0.4 is 4.90 Å². The van der Waals surface area contributed by atoms with E-state index in [1.807, 2.05) is 42.3 Å². The zero-order valence-electron chi connectivity index (χ0n) is 11.7. The van der Waals surface area contributed by atoms with Gasteiger partial charge in [0.2, 0.25) is 5.91 Å². The van der Waals surface area contributed by atoms with Crippen molar-refractivity contribution in [3.8, 4) is 0 Å². The number of benzene rings is 1. The molecule has 0 radical (unpaired) electrons. The zero-order chi connectivity index (χ0) is 14.0. The molecular formula is C17H19NOS. The Kier molecular flexibility index (Phi) is 3.62. The van der Waals surface area contributed by atoms with Crippen LogP contribution in [0, 0.1) is 0 Å². The summed E-state index contributed by atoms with van der Waals surface area (Å²) < 4.78 is 0. The minimum atomic E-state index is -0.293. The minimum absolute atomic E-state index is 0.239. The molecule has 0 bridgehead atoms. The Morgan fingerprint density at radius 3 is 2.40 bits per heavy atom. The third kappa shape index (κ3) is 2.16. The second kappa shape index (κ2) is 5.41. The molecule has 1 aliphatic rings. The van der Waals surface area contributed by atoms with E-state index in [1.54, 1.807) is 11.3 Å². The molecule has 0 aliphatic heterocycles. The van der Waals surface area contributed by atoms with Gasteiger partial charge in [0.15, 0.2) is 0 Å². The summed E-state index contributed by atoms with van der Waals surface area (Å²) in [4.78, 5) is 16.1. The van der Waals surface area contributed by atoms with Crippen molar-refractivity contribution in [1.82, 2.24) is 0 Å². The minimum Gasteiger partial charge on any atom is -0.315 e. The lowest BCUT2D eigenvalue weighted by Gasteiger charge is -2.31. The van der Waals surface area contributed by atoms with E-state index in [2.05, 4.69) is 17.5 Å². The summed E-state index contributed by atoms with van der Waals surface area (Å²) in [6.07, 6.45) is 4.24. The summed E-state index contributed by atoms with van der Waals surface area (Å²) in [6, 6.07) is 14.1. The first-order valence-corrected chi connectivity index (χ1v) is 7.99. The summed E-state index contributed by atoms with van der Waals surface area (Å²) in [5.74, 6) is 0.239. The lowest BCUT2D eigenvalue weighted by Crippen LogP contribution is -2.43. The highest BCUT2D eigenvalue weighted by Crippen LogP contribution is 2.44. The topological polar surface area (TPSA) is 20.3 Å². The van der Waals surface area contributed by atoms with Gasteiger partial charge in [-0.2, -0.15) is 0 Å². The standard InChI is InChI=1S/C17H19NOS/c1-18(14-8-3-2-4-9-14)16(19)17(11-5-6-12-17)15-10-7-13-20-15/h2-4,7-10,13H,5-6,11-12H2,1H3. The van der Waals surface area contributed by atoms with Crippen LogP contribution in [0.5, 0.6) is 0 Å². The van der Waals surface area contributed by atoms with Crippen LogP contribution in [0.4, 0.5) is 5.69 Å². The number of rotatable bonds is 3. The summed E-state index contributed by atoms with van der Waals surface area (Å²) in [6.45, 7) is 0. The number of thiophene rings is 1. The molecule has 0 atom stereocenters. The average molecular weight is 285 g/mol. The quantitative estimate of drug-likeness (QED) is 0.826. The van der Waals surface area contributed by atoms with Gasteiger partial charge in [-0.25, -0.2) is 0 Å². The molecule has 104 valence electrons. The van der Waals surface area contributed by atoms with Crippen molar-refractivity contribution in [3.63, 3.8) is 0 Å². The normalized spacial score (nSPS) is 17.1. The van der Waals surface area contributed by atoms with Crippen molar-refractivity contribution in [1.29, 1.82) is 0 Å². The maximum Gasteiger partial charge on any atom is 0.238 e. The monoisotopic (exact) mass is 285 g/mol. The number of carbonyl (C=O) groups excluding carboxylic acids is 1. The highest BCUT2D eigenvalue weighted by atomic mass is 32.1. The number of nitrogens with zero attached hydrogens (tertiary/aromatic N) is 1. The van der Waals surface area contributed by atoms with E-state index in [0.717, 1.165) is 31.4 Å². The number of para-hydroxylation sites is 1. The molecule has 0 spiro atoms. The molecular weight excluding hydrogens is 266 g/mol. The Morgan fingerprint density at radius 1 is 1.10 bits per heavy atom. The zero-order valence-corrected chi connectivity index (χ0v) is 12.5. The fourth-order valence-corrected chi connectivity index (χ4v) is 4.16. The van der Waals surface area contributed by atoms with Gasteiger partial charge in [0.05, 0.1) is 5.41 Å². The van der Waals surface area contributed by atoms with Crippen LogP contribution in [0.2, 0.25) is 0 Å². The highest BCUT2D eigenvalue weighted by Gasteiger charge is 2.45. The van der Waals surface area contributed by atoms with Crippen LogP contribution in [-0.4, -0.2) is 13.0 Å². The van der Waals surface area contributed by atoms with Gasteiger partial charge in [0, 0.05) is 17.6 Å². The predicted octanol–water partition coefficient (Wildman–Crippen LogP) is 4.22. The van der Waals surface area contributed by atoms with Gasteiger partial charge in [-0.3, -0.25) is 4.79 Å². The number of likely N-dealkylation sites (N-methyl/N-ethyl adjacent to an activating group) is 1. The van der Waals surface area contributed by atoms with Crippen LogP contribution in [0.3, 0.4) is 0 Å². The molecule has 1 aromatic heterocycles. The van der Waals surface area contributed by atoms with Crippen molar-refractivity contribution in [2.45, 2.75) is 31.1 Å². The molecule has 1 heterocycles. The van der Waals surface area contributed by atoms with Crippen LogP contribution in [0.15, 0.2) is 47.8 Å². The van der Waals surface area contributed by atoms with E-state index >= 15 is 0 Å². The molecule has 1 amide bonds. The van der Waals surface area contributed by atoms with Gasteiger partial charge in [-0.05, 0) is 36.4 Å². The Balaban J connectivity index is 1.95. The van der Waals surface area contributed by atoms with Crippen molar-refractivity contribution in [2.75, 3.05) is 11.9 Å². The van der Waals surface area contributed by atoms with E-state index in [-0.39, 0.29) is 11.3 Å². The molecule has 3 heteroatoms. The molecule has 3 rings (SSSR count). The molecule has 1 aliphatic carbocycles. The number of carbonyl (C=O) groups is 1. The lowest BCUT2D eigenvalue weighted by molar-refractivity contribution is -0.123. The van der Waals surface area contributed by atoms with Crippen LogP contribution in [0.25, 0.3) is 0 Å². The molecule has 0 unspecified atom stereocenters. The Morgan fingerprint density at radius 2 is 1.80 bits per heavy atom. The van der Waals surface area contributed by atoms with Crippen LogP contribution in [0.1, 0.15) is 30.6 Å².